The number of hydrogen-bond acceptors (Lipinski definition) is 8. The van der Waals surface area contributed by atoms with Crippen LogP contribution in [0.15, 0.2) is 0 Å². The number of carboxylic acid groups (broad SMARTS) is 1. The first-order chi connectivity index (χ1) is 14.1. The van der Waals surface area contributed by atoms with Gasteiger partial charge < -0.3 is 32.5 Å². The fourth-order valence-corrected chi connectivity index (χ4v) is 3.20. The maximum Gasteiger partial charge on any atom is 0.326 e. The lowest BCUT2D eigenvalue weighted by Gasteiger charge is -2.21. The van der Waals surface area contributed by atoms with E-state index in [1.54, 1.807) is 11.8 Å². The zero-order valence-corrected chi connectivity index (χ0v) is 18.8. The van der Waals surface area contributed by atoms with Gasteiger partial charge >= 0.3 is 5.97 Å². The van der Waals surface area contributed by atoms with Gasteiger partial charge in [0.1, 0.15) is 12.1 Å². The first-order valence-corrected chi connectivity index (χ1v) is 12.0. The lowest BCUT2D eigenvalue weighted by Crippen LogP contribution is -2.54. The summed E-state index contributed by atoms with van der Waals surface area (Å²) in [5.74, 6) is -2.54. The van der Waals surface area contributed by atoms with Crippen LogP contribution in [0.3, 0.4) is 0 Å². The third-order valence-electron chi connectivity index (χ3n) is 3.95. The SMILES string of the molecule is CSCCC(N)C(=O)NCC(=O)NC(CCSC)C(=O)NC(CCC(N)=O)C(=O)O. The van der Waals surface area contributed by atoms with Crippen molar-refractivity contribution in [3.05, 3.63) is 0 Å². The maximum absolute atomic E-state index is 12.5. The molecule has 3 atom stereocenters. The minimum absolute atomic E-state index is 0.163. The van der Waals surface area contributed by atoms with Crippen LogP contribution in [0.1, 0.15) is 25.7 Å². The number of carbonyl (C=O) groups is 5. The molecule has 8 N–H and O–H groups in total. The smallest absolute Gasteiger partial charge is 0.326 e. The third kappa shape index (κ3) is 12.5. The fourth-order valence-electron chi connectivity index (χ4n) is 2.24. The van der Waals surface area contributed by atoms with E-state index in [2.05, 4.69) is 16.0 Å². The van der Waals surface area contributed by atoms with Crippen molar-refractivity contribution in [2.75, 3.05) is 30.6 Å². The highest BCUT2D eigenvalue weighted by molar-refractivity contribution is 7.98. The molecule has 0 spiro atoms. The Morgan fingerprint density at radius 3 is 2.03 bits per heavy atom. The average Bonchev–Trinajstić information content (AvgIpc) is 2.69. The molecule has 0 rings (SSSR count). The first-order valence-electron chi connectivity index (χ1n) is 9.24. The van der Waals surface area contributed by atoms with Gasteiger partial charge in [-0.1, -0.05) is 0 Å². The molecule has 0 heterocycles. The summed E-state index contributed by atoms with van der Waals surface area (Å²) in [6, 6.07) is -3.04. The number of carboxylic acids is 1. The lowest BCUT2D eigenvalue weighted by molar-refractivity contribution is -0.142. The molecule has 0 fully saturated rings. The molecule has 30 heavy (non-hydrogen) atoms. The van der Waals surface area contributed by atoms with Crippen molar-refractivity contribution in [1.82, 2.24) is 16.0 Å². The summed E-state index contributed by atoms with van der Waals surface area (Å²) < 4.78 is 0. The van der Waals surface area contributed by atoms with Gasteiger partial charge in [-0.25, -0.2) is 4.79 Å². The normalized spacial score (nSPS) is 13.6. The van der Waals surface area contributed by atoms with Gasteiger partial charge in [0.2, 0.25) is 23.6 Å². The molecule has 0 aliphatic heterocycles. The Morgan fingerprint density at radius 1 is 0.900 bits per heavy atom. The highest BCUT2D eigenvalue weighted by Crippen LogP contribution is 2.04. The van der Waals surface area contributed by atoms with Crippen LogP contribution in [-0.2, 0) is 24.0 Å². The second-order valence-electron chi connectivity index (χ2n) is 6.41. The fraction of sp³-hybridized carbons (Fsp3) is 0.706. The predicted octanol–water partition coefficient (Wildman–Crippen LogP) is -1.74. The lowest BCUT2D eigenvalue weighted by atomic mass is 10.1. The quantitative estimate of drug-likeness (QED) is 0.153. The summed E-state index contributed by atoms with van der Waals surface area (Å²) in [6.45, 7) is -0.362. The van der Waals surface area contributed by atoms with E-state index in [9.17, 15) is 29.1 Å². The van der Waals surface area contributed by atoms with E-state index in [0.717, 1.165) is 0 Å². The summed E-state index contributed by atoms with van der Waals surface area (Å²) in [7, 11) is 0. The van der Waals surface area contributed by atoms with Crippen LogP contribution in [0.25, 0.3) is 0 Å². The Labute approximate surface area is 184 Å². The van der Waals surface area contributed by atoms with Gasteiger partial charge in [0.25, 0.3) is 0 Å². The third-order valence-corrected chi connectivity index (χ3v) is 5.24. The highest BCUT2D eigenvalue weighted by atomic mass is 32.2. The van der Waals surface area contributed by atoms with Gasteiger partial charge in [-0.15, -0.1) is 0 Å². The molecule has 172 valence electrons. The van der Waals surface area contributed by atoms with E-state index in [1.807, 2.05) is 12.5 Å². The minimum atomic E-state index is -1.31. The van der Waals surface area contributed by atoms with E-state index in [0.29, 0.717) is 17.9 Å². The summed E-state index contributed by atoms with van der Waals surface area (Å²) in [5, 5.41) is 16.4. The molecule has 0 aromatic rings. The summed E-state index contributed by atoms with van der Waals surface area (Å²) in [4.78, 5) is 58.7. The zero-order chi connectivity index (χ0) is 23.1. The molecule has 0 aromatic heterocycles. The largest absolute Gasteiger partial charge is 0.480 e. The second-order valence-corrected chi connectivity index (χ2v) is 8.38. The number of hydrogen-bond donors (Lipinski definition) is 6. The van der Waals surface area contributed by atoms with Crippen LogP contribution >= 0.6 is 23.5 Å². The molecule has 0 aliphatic rings. The van der Waals surface area contributed by atoms with Crippen LogP contribution in [0.2, 0.25) is 0 Å². The Morgan fingerprint density at radius 2 is 1.50 bits per heavy atom. The van der Waals surface area contributed by atoms with E-state index in [1.165, 1.54) is 11.8 Å². The monoisotopic (exact) mass is 465 g/mol. The maximum atomic E-state index is 12.5. The highest BCUT2D eigenvalue weighted by Gasteiger charge is 2.26. The minimum Gasteiger partial charge on any atom is -0.480 e. The average molecular weight is 466 g/mol. The van der Waals surface area contributed by atoms with E-state index in [4.69, 9.17) is 11.5 Å². The molecule has 11 nitrogen and oxygen atoms in total. The number of rotatable bonds is 16. The molecule has 0 bridgehead atoms. The second kappa shape index (κ2) is 15.8. The molecular formula is C17H31N5O6S2. The van der Waals surface area contributed by atoms with Gasteiger partial charge in [-0.3, -0.25) is 19.2 Å². The zero-order valence-electron chi connectivity index (χ0n) is 17.1. The Bertz CT molecular complexity index is 607. The molecule has 0 radical (unpaired) electrons. The Balaban J connectivity index is 4.82. The Kier molecular flexibility index (Phi) is 14.7. The van der Waals surface area contributed by atoms with Crippen molar-refractivity contribution in [2.45, 2.75) is 43.8 Å². The predicted molar refractivity (Wildman–Crippen MR) is 117 cm³/mol. The number of carbonyl (C=O) groups excluding carboxylic acids is 4. The molecule has 4 amide bonds. The van der Waals surface area contributed by atoms with Gasteiger partial charge in [-0.05, 0) is 43.3 Å². The van der Waals surface area contributed by atoms with Crippen molar-refractivity contribution >= 4 is 53.1 Å². The molecule has 0 saturated heterocycles. The number of aliphatic carboxylic acids is 1. The van der Waals surface area contributed by atoms with Crippen LogP contribution < -0.4 is 27.4 Å². The first kappa shape index (κ1) is 28.0. The van der Waals surface area contributed by atoms with E-state index < -0.39 is 47.7 Å². The number of amides is 4. The number of thioether (sulfide) groups is 2. The van der Waals surface area contributed by atoms with E-state index in [-0.39, 0.29) is 25.8 Å². The van der Waals surface area contributed by atoms with Crippen LogP contribution in [0, 0.1) is 0 Å². The van der Waals surface area contributed by atoms with Crippen LogP contribution in [-0.4, -0.2) is 83.4 Å². The number of nitrogens with one attached hydrogen (secondary N) is 3. The molecular weight excluding hydrogens is 434 g/mol. The van der Waals surface area contributed by atoms with E-state index >= 15 is 0 Å². The summed E-state index contributed by atoms with van der Waals surface area (Å²) in [5.41, 5.74) is 10.7. The van der Waals surface area contributed by atoms with Gasteiger partial charge in [0.15, 0.2) is 0 Å². The summed E-state index contributed by atoms with van der Waals surface area (Å²) >= 11 is 3.00. The standard InChI is InChI=1S/C17H31N5O6S2/c1-29-7-5-10(18)15(25)20-9-14(24)21-11(6-8-30-2)16(26)22-12(17(27)28)3-4-13(19)23/h10-12H,3-9,18H2,1-2H3,(H2,19,23)(H,20,25)(H,21,24)(H,22,26)(H,27,28). The van der Waals surface area contributed by atoms with Crippen molar-refractivity contribution in [2.24, 2.45) is 11.5 Å². The van der Waals surface area contributed by atoms with Gasteiger partial charge in [0.05, 0.1) is 12.6 Å². The number of primary amides is 1. The molecule has 0 aliphatic carbocycles. The van der Waals surface area contributed by atoms with Crippen LogP contribution in [0.5, 0.6) is 0 Å². The topological polar surface area (TPSA) is 194 Å². The van der Waals surface area contributed by atoms with Crippen molar-refractivity contribution < 1.29 is 29.1 Å². The van der Waals surface area contributed by atoms with Gasteiger partial charge in [0, 0.05) is 6.42 Å². The van der Waals surface area contributed by atoms with Crippen molar-refractivity contribution in [1.29, 1.82) is 0 Å². The number of nitrogens with two attached hydrogens (primary N) is 2. The van der Waals surface area contributed by atoms with Crippen LogP contribution in [0.4, 0.5) is 0 Å². The molecule has 0 aromatic carbocycles. The molecule has 0 saturated carbocycles. The Hall–Kier alpha value is -1.99. The van der Waals surface area contributed by atoms with Crippen molar-refractivity contribution in [3.63, 3.8) is 0 Å². The summed E-state index contributed by atoms with van der Waals surface area (Å²) in [6.07, 6.45) is 4.06. The van der Waals surface area contributed by atoms with Crippen molar-refractivity contribution in [3.8, 4) is 0 Å². The molecule has 3 unspecified atom stereocenters. The molecule has 13 heteroatoms. The van der Waals surface area contributed by atoms with Gasteiger partial charge in [-0.2, -0.15) is 23.5 Å².